The number of carboxylic acid groups (broad SMARTS) is 1. The van der Waals surface area contributed by atoms with Gasteiger partial charge in [0.2, 0.25) is 0 Å². The number of aliphatic carboxylic acids is 1. The number of carboxylic acids is 1. The molecule has 0 aromatic heterocycles. The predicted molar refractivity (Wildman–Crippen MR) is 55.5 cm³/mol. The number of nitrogens with zero attached hydrogens (tertiary/aromatic N) is 1. The molecule has 1 unspecified atom stereocenters. The molecule has 1 N–H and O–H groups in total. The number of hydrogen-bond acceptors (Lipinski definition) is 3. The first-order valence-electron chi connectivity index (χ1n) is 4.28. The van der Waals surface area contributed by atoms with Gasteiger partial charge in [-0.05, 0) is 17.7 Å². The lowest BCUT2D eigenvalue weighted by molar-refractivity contribution is -0.133. The van der Waals surface area contributed by atoms with Gasteiger partial charge in [-0.25, -0.2) is 4.39 Å². The maximum Gasteiger partial charge on any atom is 0.316 e. The summed E-state index contributed by atoms with van der Waals surface area (Å²) in [6, 6.07) is 5.42. The van der Waals surface area contributed by atoms with Crippen molar-refractivity contribution in [3.8, 4) is 6.07 Å². The van der Waals surface area contributed by atoms with E-state index in [1.807, 2.05) is 0 Å². The Bertz CT molecular complexity index is 481. The van der Waals surface area contributed by atoms with Crippen molar-refractivity contribution in [2.24, 2.45) is 0 Å². The van der Waals surface area contributed by atoms with Crippen LogP contribution < -0.4 is 0 Å². The van der Waals surface area contributed by atoms with Gasteiger partial charge in [-0.3, -0.25) is 9.00 Å². The van der Waals surface area contributed by atoms with Crippen LogP contribution in [-0.2, 0) is 21.3 Å². The molecule has 0 aliphatic carbocycles. The zero-order chi connectivity index (χ0) is 12.1. The molecular weight excluding hydrogens is 233 g/mol. The molecule has 0 bridgehead atoms. The lowest BCUT2D eigenvalue weighted by atomic mass is 10.1. The lowest BCUT2D eigenvalue weighted by Gasteiger charge is -2.01. The minimum atomic E-state index is -1.55. The number of benzene rings is 1. The average molecular weight is 241 g/mol. The Labute approximate surface area is 93.8 Å². The molecule has 1 aromatic rings. The zero-order valence-corrected chi connectivity index (χ0v) is 8.96. The number of rotatable bonds is 4. The van der Waals surface area contributed by atoms with Crippen LogP contribution in [0.2, 0.25) is 0 Å². The van der Waals surface area contributed by atoms with Crippen molar-refractivity contribution in [1.29, 1.82) is 5.26 Å². The van der Waals surface area contributed by atoms with Crippen molar-refractivity contribution in [1.82, 2.24) is 0 Å². The molecule has 0 saturated carbocycles. The summed E-state index contributed by atoms with van der Waals surface area (Å²) in [5.41, 5.74) is 0.349. The molecule has 0 radical (unpaired) electrons. The highest BCUT2D eigenvalue weighted by Crippen LogP contribution is 2.11. The standard InChI is InChI=1S/C10H8FNO3S/c11-9-2-1-7(3-8(9)4-12)5-16(15)6-10(13)14/h1-3H,5-6H2,(H,13,14). The third-order valence-corrected chi connectivity index (χ3v) is 2.99. The van der Waals surface area contributed by atoms with Crippen molar-refractivity contribution in [2.45, 2.75) is 5.75 Å². The highest BCUT2D eigenvalue weighted by molar-refractivity contribution is 7.84. The highest BCUT2D eigenvalue weighted by Gasteiger charge is 2.09. The fourth-order valence-electron chi connectivity index (χ4n) is 1.12. The molecule has 1 rings (SSSR count). The first kappa shape index (κ1) is 12.3. The van der Waals surface area contributed by atoms with Gasteiger partial charge in [-0.2, -0.15) is 5.26 Å². The van der Waals surface area contributed by atoms with E-state index in [2.05, 4.69) is 0 Å². The van der Waals surface area contributed by atoms with E-state index < -0.39 is 28.3 Å². The summed E-state index contributed by atoms with van der Waals surface area (Å²) in [7, 11) is -1.55. The first-order chi connectivity index (χ1) is 7.52. The van der Waals surface area contributed by atoms with Gasteiger partial charge in [-0.15, -0.1) is 0 Å². The summed E-state index contributed by atoms with van der Waals surface area (Å²) in [5, 5.41) is 17.0. The Morgan fingerprint density at radius 2 is 2.25 bits per heavy atom. The quantitative estimate of drug-likeness (QED) is 0.854. The monoisotopic (exact) mass is 241 g/mol. The van der Waals surface area contributed by atoms with E-state index in [1.54, 1.807) is 6.07 Å². The van der Waals surface area contributed by atoms with Crippen molar-refractivity contribution in [3.63, 3.8) is 0 Å². The van der Waals surface area contributed by atoms with E-state index in [0.29, 0.717) is 5.56 Å². The summed E-state index contributed by atoms with van der Waals surface area (Å²) in [6.45, 7) is 0. The summed E-state index contributed by atoms with van der Waals surface area (Å²) in [6.07, 6.45) is 0. The van der Waals surface area contributed by atoms with E-state index in [1.165, 1.54) is 12.1 Å². The maximum atomic E-state index is 12.9. The molecule has 0 heterocycles. The first-order valence-corrected chi connectivity index (χ1v) is 5.77. The molecular formula is C10H8FNO3S. The number of nitriles is 1. The van der Waals surface area contributed by atoms with E-state index >= 15 is 0 Å². The smallest absolute Gasteiger partial charge is 0.316 e. The summed E-state index contributed by atoms with van der Waals surface area (Å²) < 4.78 is 24.2. The van der Waals surface area contributed by atoms with Crippen molar-refractivity contribution >= 4 is 16.8 Å². The van der Waals surface area contributed by atoms with Crippen LogP contribution in [0.4, 0.5) is 4.39 Å². The summed E-state index contributed by atoms with van der Waals surface area (Å²) in [5.74, 6) is -2.25. The fraction of sp³-hybridized carbons (Fsp3) is 0.200. The predicted octanol–water partition coefficient (Wildman–Crippen LogP) is 1.03. The molecule has 0 spiro atoms. The third kappa shape index (κ3) is 3.44. The van der Waals surface area contributed by atoms with Gasteiger partial charge in [0.1, 0.15) is 17.6 Å². The third-order valence-electron chi connectivity index (χ3n) is 1.76. The Morgan fingerprint density at radius 1 is 1.56 bits per heavy atom. The molecule has 0 amide bonds. The van der Waals surface area contributed by atoms with Gasteiger partial charge in [0, 0.05) is 16.6 Å². The molecule has 0 aliphatic rings. The second-order valence-electron chi connectivity index (χ2n) is 3.05. The maximum absolute atomic E-state index is 12.9. The molecule has 4 nitrogen and oxygen atoms in total. The normalized spacial score (nSPS) is 11.8. The van der Waals surface area contributed by atoms with Gasteiger partial charge in [0.25, 0.3) is 0 Å². The summed E-state index contributed by atoms with van der Waals surface area (Å²) >= 11 is 0. The Hall–Kier alpha value is -1.74. The van der Waals surface area contributed by atoms with Crippen LogP contribution in [0.5, 0.6) is 0 Å². The molecule has 1 atom stereocenters. The Morgan fingerprint density at radius 3 is 2.81 bits per heavy atom. The van der Waals surface area contributed by atoms with Crippen molar-refractivity contribution in [3.05, 3.63) is 35.1 Å². The Balaban J connectivity index is 2.79. The molecule has 0 fully saturated rings. The van der Waals surface area contributed by atoms with E-state index in [9.17, 15) is 13.4 Å². The molecule has 0 aliphatic heterocycles. The SMILES string of the molecule is N#Cc1cc(CS(=O)CC(=O)O)ccc1F. The molecule has 0 saturated heterocycles. The van der Waals surface area contributed by atoms with Crippen LogP contribution in [0.15, 0.2) is 18.2 Å². The average Bonchev–Trinajstić information content (AvgIpc) is 2.19. The van der Waals surface area contributed by atoms with Gasteiger partial charge in [0.15, 0.2) is 0 Å². The minimum absolute atomic E-state index is 0.00125. The van der Waals surface area contributed by atoms with Crippen LogP contribution in [0.1, 0.15) is 11.1 Å². The number of carbonyl (C=O) groups is 1. The van der Waals surface area contributed by atoms with Crippen LogP contribution in [0.25, 0.3) is 0 Å². The molecule has 84 valence electrons. The van der Waals surface area contributed by atoms with Gasteiger partial charge < -0.3 is 5.11 Å². The van der Waals surface area contributed by atoms with Crippen molar-refractivity contribution < 1.29 is 18.5 Å². The second kappa shape index (κ2) is 5.37. The van der Waals surface area contributed by atoms with Crippen LogP contribution in [-0.4, -0.2) is 21.0 Å². The van der Waals surface area contributed by atoms with Gasteiger partial charge in [0.05, 0.1) is 5.56 Å². The fourth-order valence-corrected chi connectivity index (χ4v) is 2.05. The summed E-state index contributed by atoms with van der Waals surface area (Å²) in [4.78, 5) is 10.3. The largest absolute Gasteiger partial charge is 0.481 e. The van der Waals surface area contributed by atoms with Crippen LogP contribution in [0.3, 0.4) is 0 Å². The van der Waals surface area contributed by atoms with E-state index in [4.69, 9.17) is 10.4 Å². The Kier molecular flexibility index (Phi) is 4.14. The molecule has 16 heavy (non-hydrogen) atoms. The van der Waals surface area contributed by atoms with E-state index in [-0.39, 0.29) is 11.3 Å². The van der Waals surface area contributed by atoms with E-state index in [0.717, 1.165) is 6.07 Å². The van der Waals surface area contributed by atoms with Crippen LogP contribution in [0, 0.1) is 17.1 Å². The molecule has 1 aromatic carbocycles. The molecule has 6 heteroatoms. The van der Waals surface area contributed by atoms with Gasteiger partial charge >= 0.3 is 5.97 Å². The number of halogens is 1. The lowest BCUT2D eigenvalue weighted by Crippen LogP contribution is -2.10. The minimum Gasteiger partial charge on any atom is -0.481 e. The van der Waals surface area contributed by atoms with Crippen LogP contribution >= 0.6 is 0 Å². The topological polar surface area (TPSA) is 78.2 Å². The van der Waals surface area contributed by atoms with Gasteiger partial charge in [-0.1, -0.05) is 6.07 Å². The second-order valence-corrected chi connectivity index (χ2v) is 4.51. The zero-order valence-electron chi connectivity index (χ0n) is 8.14. The van der Waals surface area contributed by atoms with Crippen molar-refractivity contribution in [2.75, 3.05) is 5.75 Å². The number of hydrogen-bond donors (Lipinski definition) is 1. The highest BCUT2D eigenvalue weighted by atomic mass is 32.2.